The van der Waals surface area contributed by atoms with Crippen molar-refractivity contribution in [2.75, 3.05) is 0 Å². The highest BCUT2D eigenvalue weighted by Crippen LogP contribution is 2.17. The molecular weight excluding hydrogens is 186 g/mol. The highest BCUT2D eigenvalue weighted by Gasteiger charge is 2.63. The molecular formula is C4H7N3O6. The maximum atomic E-state index is 10.3. The molecule has 9 heteroatoms. The van der Waals surface area contributed by atoms with Gasteiger partial charge in [-0.05, 0) is 0 Å². The lowest BCUT2D eigenvalue weighted by atomic mass is 10.1. The number of hydrogen-bond acceptors (Lipinski definition) is 6. The van der Waals surface area contributed by atoms with Crippen LogP contribution in [0.15, 0.2) is 0 Å². The van der Waals surface area contributed by atoms with E-state index >= 15 is 0 Å². The second-order valence-electron chi connectivity index (χ2n) is 2.57. The number of hydrogen-bond donors (Lipinski definition) is 0. The third kappa shape index (κ3) is 1.68. The fourth-order valence-electron chi connectivity index (χ4n) is 0.571. The van der Waals surface area contributed by atoms with Crippen LogP contribution < -0.4 is 0 Å². The van der Waals surface area contributed by atoms with E-state index < -0.39 is 26.5 Å². The van der Waals surface area contributed by atoms with Crippen LogP contribution in [-0.4, -0.2) is 26.5 Å². The normalized spacial score (nSPS) is 13.4. The molecule has 0 aromatic heterocycles. The predicted octanol–water partition coefficient (Wildman–Crippen LogP) is -0.0788. The van der Waals surface area contributed by atoms with Crippen molar-refractivity contribution in [1.29, 1.82) is 0 Å². The molecule has 0 N–H and O–H groups in total. The van der Waals surface area contributed by atoms with E-state index in [0.29, 0.717) is 6.92 Å². The average molecular weight is 193 g/mol. The van der Waals surface area contributed by atoms with E-state index in [-0.39, 0.29) is 0 Å². The summed E-state index contributed by atoms with van der Waals surface area (Å²) in [6, 6.07) is -1.88. The molecule has 0 fully saturated rings. The van der Waals surface area contributed by atoms with Gasteiger partial charge in [-0.25, -0.2) is 0 Å². The van der Waals surface area contributed by atoms with Crippen LogP contribution in [0.2, 0.25) is 0 Å². The summed E-state index contributed by atoms with van der Waals surface area (Å²) in [6.45, 7) is 1.44. The van der Waals surface area contributed by atoms with Gasteiger partial charge in [0.05, 0.1) is 6.92 Å². The summed E-state index contributed by atoms with van der Waals surface area (Å²) in [7, 11) is 0. The fraction of sp³-hybridized carbons (Fsp3) is 1.00. The van der Waals surface area contributed by atoms with Crippen LogP contribution in [0.25, 0.3) is 0 Å². The molecule has 0 saturated heterocycles. The SMILES string of the molecule is CC([N+](=O)[O-])C(C)([N+](=O)[O-])[N+](=O)[O-]. The molecule has 0 aliphatic carbocycles. The Balaban J connectivity index is 5.13. The zero-order valence-electron chi connectivity index (χ0n) is 6.87. The third-order valence-electron chi connectivity index (χ3n) is 1.85. The lowest BCUT2D eigenvalue weighted by Gasteiger charge is -2.12. The van der Waals surface area contributed by atoms with Crippen LogP contribution in [0.4, 0.5) is 0 Å². The minimum absolute atomic E-state index is 0.612. The number of nitro groups is 3. The van der Waals surface area contributed by atoms with Gasteiger partial charge in [0.15, 0.2) is 0 Å². The first-order chi connectivity index (χ1) is 5.74. The molecule has 0 spiro atoms. The largest absolute Gasteiger partial charge is 0.519 e. The van der Waals surface area contributed by atoms with Gasteiger partial charge < -0.3 is 0 Å². The van der Waals surface area contributed by atoms with Crippen molar-refractivity contribution >= 4 is 0 Å². The topological polar surface area (TPSA) is 129 Å². The molecule has 0 aromatic carbocycles. The molecule has 74 valence electrons. The molecule has 0 rings (SSSR count). The summed E-state index contributed by atoms with van der Waals surface area (Å²) in [5, 5.41) is 30.7. The Morgan fingerprint density at radius 2 is 1.38 bits per heavy atom. The van der Waals surface area contributed by atoms with E-state index in [0.717, 1.165) is 6.92 Å². The second kappa shape index (κ2) is 3.29. The first-order valence-electron chi connectivity index (χ1n) is 3.17. The van der Waals surface area contributed by atoms with E-state index in [2.05, 4.69) is 0 Å². The Morgan fingerprint density at radius 3 is 1.46 bits per heavy atom. The molecule has 0 amide bonds. The van der Waals surface area contributed by atoms with Crippen molar-refractivity contribution in [3.05, 3.63) is 30.3 Å². The van der Waals surface area contributed by atoms with Gasteiger partial charge in [-0.1, -0.05) is 0 Å². The molecule has 0 aliphatic heterocycles. The molecule has 0 bridgehead atoms. The summed E-state index contributed by atoms with van der Waals surface area (Å²) in [6.07, 6.45) is 0. The Morgan fingerprint density at radius 1 is 1.08 bits per heavy atom. The van der Waals surface area contributed by atoms with E-state index in [4.69, 9.17) is 0 Å². The molecule has 0 aliphatic rings. The summed E-state index contributed by atoms with van der Waals surface area (Å²) in [5.41, 5.74) is -2.77. The smallest absolute Gasteiger partial charge is 0.264 e. The van der Waals surface area contributed by atoms with Crippen molar-refractivity contribution in [1.82, 2.24) is 0 Å². The van der Waals surface area contributed by atoms with Gasteiger partial charge in [-0.2, -0.15) is 0 Å². The van der Waals surface area contributed by atoms with Crippen molar-refractivity contribution in [3.63, 3.8) is 0 Å². The van der Waals surface area contributed by atoms with E-state index in [1.165, 1.54) is 0 Å². The van der Waals surface area contributed by atoms with Crippen molar-refractivity contribution in [3.8, 4) is 0 Å². The first-order valence-corrected chi connectivity index (χ1v) is 3.17. The Labute approximate surface area is 71.8 Å². The summed E-state index contributed by atoms with van der Waals surface area (Å²) >= 11 is 0. The maximum absolute atomic E-state index is 10.3. The van der Waals surface area contributed by atoms with Crippen LogP contribution in [0.3, 0.4) is 0 Å². The average Bonchev–Trinajstić information content (AvgIpc) is 2.00. The molecule has 1 unspecified atom stereocenters. The van der Waals surface area contributed by atoms with E-state index in [1.807, 2.05) is 0 Å². The molecule has 13 heavy (non-hydrogen) atoms. The quantitative estimate of drug-likeness (QED) is 0.348. The van der Waals surface area contributed by atoms with Gasteiger partial charge in [0.2, 0.25) is 0 Å². The number of nitrogens with zero attached hydrogens (tertiary/aromatic N) is 3. The summed E-state index contributed by atoms with van der Waals surface area (Å²) in [5.74, 6) is 0. The van der Waals surface area contributed by atoms with Crippen LogP contribution in [0, 0.1) is 30.3 Å². The van der Waals surface area contributed by atoms with Crippen LogP contribution >= 0.6 is 0 Å². The summed E-state index contributed by atoms with van der Waals surface area (Å²) in [4.78, 5) is 27.1. The van der Waals surface area contributed by atoms with Gasteiger partial charge in [-0.3, -0.25) is 30.3 Å². The Bertz CT molecular complexity index is 249. The highest BCUT2D eigenvalue weighted by atomic mass is 16.7. The minimum atomic E-state index is -2.77. The lowest BCUT2D eigenvalue weighted by molar-refractivity contribution is -0.828. The predicted molar refractivity (Wildman–Crippen MR) is 38.9 cm³/mol. The van der Waals surface area contributed by atoms with Crippen molar-refractivity contribution in [2.24, 2.45) is 0 Å². The van der Waals surface area contributed by atoms with Crippen LogP contribution in [-0.2, 0) is 0 Å². The molecule has 0 saturated carbocycles. The number of rotatable bonds is 4. The van der Waals surface area contributed by atoms with Crippen LogP contribution in [0.1, 0.15) is 13.8 Å². The zero-order valence-corrected chi connectivity index (χ0v) is 6.87. The summed E-state index contributed by atoms with van der Waals surface area (Å²) < 4.78 is 0. The monoisotopic (exact) mass is 193 g/mol. The molecule has 9 nitrogen and oxygen atoms in total. The standard InChI is InChI=1S/C4H7N3O6/c1-3(5(8)9)4(2,6(10)11)7(12)13/h3H,1-2H3. The highest BCUT2D eigenvalue weighted by molar-refractivity contribution is 4.67. The van der Waals surface area contributed by atoms with Gasteiger partial charge in [-0.15, -0.1) is 0 Å². The van der Waals surface area contributed by atoms with Gasteiger partial charge in [0.1, 0.15) is 9.85 Å². The Hall–Kier alpha value is -1.80. The van der Waals surface area contributed by atoms with E-state index in [9.17, 15) is 30.3 Å². The second-order valence-corrected chi connectivity index (χ2v) is 2.57. The Kier molecular flexibility index (Phi) is 2.83. The van der Waals surface area contributed by atoms with Crippen molar-refractivity contribution < 1.29 is 14.8 Å². The maximum Gasteiger partial charge on any atom is 0.519 e. The third-order valence-corrected chi connectivity index (χ3v) is 1.85. The van der Waals surface area contributed by atoms with Gasteiger partial charge in [0.25, 0.3) is 0 Å². The lowest BCUT2D eigenvalue weighted by Crippen LogP contribution is -2.54. The molecule has 0 radical (unpaired) electrons. The van der Waals surface area contributed by atoms with Gasteiger partial charge in [0, 0.05) is 11.8 Å². The molecule has 1 atom stereocenters. The van der Waals surface area contributed by atoms with Gasteiger partial charge >= 0.3 is 11.7 Å². The first kappa shape index (κ1) is 11.2. The van der Waals surface area contributed by atoms with Crippen molar-refractivity contribution in [2.45, 2.75) is 25.6 Å². The molecule has 0 heterocycles. The fourth-order valence-corrected chi connectivity index (χ4v) is 0.571. The minimum Gasteiger partial charge on any atom is -0.264 e. The van der Waals surface area contributed by atoms with Crippen LogP contribution in [0.5, 0.6) is 0 Å². The van der Waals surface area contributed by atoms with E-state index in [1.54, 1.807) is 0 Å². The molecule has 0 aromatic rings. The zero-order chi connectivity index (χ0) is 10.8.